The predicted octanol–water partition coefficient (Wildman–Crippen LogP) is 9.27. The summed E-state index contributed by atoms with van der Waals surface area (Å²) in [6.45, 7) is 7.83. The maximum absolute atomic E-state index is 14.2. The first-order chi connectivity index (χ1) is 24.1. The number of nitrogens with one attached hydrogen (secondary N) is 2. The van der Waals surface area contributed by atoms with Gasteiger partial charge in [-0.05, 0) is 41.8 Å². The van der Waals surface area contributed by atoms with E-state index in [0.29, 0.717) is 8.80 Å². The highest BCUT2D eigenvalue weighted by atomic mass is 19.4. The van der Waals surface area contributed by atoms with Gasteiger partial charge in [0.1, 0.15) is 11.3 Å². The van der Waals surface area contributed by atoms with Crippen LogP contribution in [-0.2, 0) is 24.7 Å². The molecule has 20 heteroatoms. The maximum atomic E-state index is 14.2. The molecule has 0 atom stereocenters. The lowest BCUT2D eigenvalue weighted by atomic mass is 9.92. The van der Waals surface area contributed by atoms with Crippen LogP contribution in [0.15, 0.2) is 46.0 Å². The third-order valence-corrected chi connectivity index (χ3v) is 8.88. The van der Waals surface area contributed by atoms with E-state index >= 15 is 0 Å². The molecule has 0 bridgehead atoms. The molecule has 52 heavy (non-hydrogen) atoms. The van der Waals surface area contributed by atoms with E-state index in [4.69, 9.17) is 6.57 Å². The molecule has 0 fully saturated rings. The van der Waals surface area contributed by atoms with Crippen LogP contribution in [-0.4, -0.2) is 18.8 Å². The zero-order valence-corrected chi connectivity index (χ0v) is 24.6. The average molecular weight is 736 g/mol. The van der Waals surface area contributed by atoms with Gasteiger partial charge in [0.25, 0.3) is 11.1 Å². The van der Waals surface area contributed by atoms with Gasteiger partial charge in [-0.1, -0.05) is 0 Å². The zero-order valence-electron chi connectivity index (χ0n) is 24.6. The number of H-pyrrole nitrogens is 2. The molecule has 0 saturated heterocycles. The largest absolute Gasteiger partial charge is 0.418 e. The van der Waals surface area contributed by atoms with E-state index in [9.17, 15) is 67.5 Å². The number of fused-ring (bicyclic) bond motifs is 8. The summed E-state index contributed by atoms with van der Waals surface area (Å²) in [4.78, 5) is 36.1. The molecule has 4 aromatic heterocycles. The van der Waals surface area contributed by atoms with E-state index in [-0.39, 0.29) is 35.0 Å². The highest BCUT2D eigenvalue weighted by molar-refractivity contribution is 6.32. The number of benzene rings is 4. The van der Waals surface area contributed by atoms with Crippen LogP contribution in [0.1, 0.15) is 27.8 Å². The van der Waals surface area contributed by atoms with E-state index in [1.807, 2.05) is 0 Å². The van der Waals surface area contributed by atoms with Crippen LogP contribution in [0, 0.1) is 17.9 Å². The molecule has 0 spiro atoms. The Morgan fingerprint density at radius 2 is 1.02 bits per heavy atom. The summed E-state index contributed by atoms with van der Waals surface area (Å²) in [5.74, 6) is 0. The highest BCUT2D eigenvalue weighted by Crippen LogP contribution is 2.46. The van der Waals surface area contributed by atoms with Crippen LogP contribution in [0.25, 0.3) is 70.5 Å². The second-order valence-corrected chi connectivity index (χ2v) is 11.7. The van der Waals surface area contributed by atoms with Gasteiger partial charge in [-0.3, -0.25) is 18.4 Å². The van der Waals surface area contributed by atoms with E-state index in [1.54, 1.807) is 6.07 Å². The van der Waals surface area contributed by atoms with Crippen LogP contribution in [0.2, 0.25) is 0 Å². The average Bonchev–Trinajstić information content (AvgIpc) is 3.62. The Kier molecular flexibility index (Phi) is 6.08. The molecule has 4 heterocycles. The van der Waals surface area contributed by atoms with Crippen molar-refractivity contribution in [2.24, 2.45) is 0 Å². The lowest BCUT2D eigenvalue weighted by Crippen LogP contribution is -2.18. The summed E-state index contributed by atoms with van der Waals surface area (Å²) >= 11 is 0. The SMILES string of the molecule is [C-]#[N+]c1cc2c(=O)n3c4cc(C(F)(F)F)cc(C(F)(F)F)c4[nH]c3c3c(C#N)cc4c(=O)n5c6cc(C(F)(F)F)cc(C(F)(F)F)c6[nH]c5c1c4c23. The Morgan fingerprint density at radius 3 is 1.42 bits per heavy atom. The fraction of sp³-hybridized carbons (Fsp3) is 0.125. The number of hydrogen-bond donors (Lipinski definition) is 2. The number of pyridine rings is 2. The molecular formula is C32H8F12N6O2. The number of nitrogens with zero attached hydrogens (tertiary/aromatic N) is 4. The number of nitriles is 1. The molecule has 0 aliphatic heterocycles. The molecule has 0 unspecified atom stereocenters. The van der Waals surface area contributed by atoms with Crippen LogP contribution < -0.4 is 11.1 Å². The number of alkyl halides is 12. The number of rotatable bonds is 0. The molecule has 8 nitrogen and oxygen atoms in total. The summed E-state index contributed by atoms with van der Waals surface area (Å²) in [6.07, 6.45) is -21.5. The molecule has 8 rings (SSSR count). The number of hydrogen-bond acceptors (Lipinski definition) is 3. The topological polar surface area (TPSA) is 103 Å². The molecule has 0 saturated carbocycles. The lowest BCUT2D eigenvalue weighted by molar-refractivity contribution is -0.143. The van der Waals surface area contributed by atoms with Gasteiger partial charge in [-0.15, -0.1) is 0 Å². The van der Waals surface area contributed by atoms with E-state index in [2.05, 4.69) is 14.8 Å². The Balaban J connectivity index is 1.68. The van der Waals surface area contributed by atoms with E-state index in [0.717, 1.165) is 12.1 Å². The standard InChI is InChI=1S/C32H8F12N6O2/c1-46-16-7-13-20-19(25-47-23-14(31(39,40)41)3-10(29(33,34)35)5-17(23)49(25)28(13)52)9(8-45)2-12-21(20)22(16)26-48-24-15(32(42,43)44)4-11(30(36,37)38)6-18(24)50(26)27(12)51/h2-7,47-48H. The molecule has 262 valence electrons. The first-order valence-corrected chi connectivity index (χ1v) is 14.2. The number of halogens is 12. The quantitative estimate of drug-likeness (QED) is 0.0922. The summed E-state index contributed by atoms with van der Waals surface area (Å²) in [6, 6.07) is 3.47. The molecule has 0 radical (unpaired) electrons. The Morgan fingerprint density at radius 1 is 0.596 bits per heavy atom. The fourth-order valence-corrected chi connectivity index (χ4v) is 6.86. The van der Waals surface area contributed by atoms with Crippen molar-refractivity contribution >= 4 is 71.4 Å². The van der Waals surface area contributed by atoms with Crippen molar-refractivity contribution in [2.45, 2.75) is 24.7 Å². The summed E-state index contributed by atoms with van der Waals surface area (Å²) in [7, 11) is 0. The minimum Gasteiger partial charge on any atom is -0.340 e. The molecule has 0 aliphatic rings. The smallest absolute Gasteiger partial charge is 0.340 e. The molecule has 4 aromatic carbocycles. The van der Waals surface area contributed by atoms with Crippen molar-refractivity contribution in [2.75, 3.05) is 0 Å². The van der Waals surface area contributed by atoms with E-state index in [1.165, 1.54) is 0 Å². The summed E-state index contributed by atoms with van der Waals surface area (Å²) in [5.41, 5.74) is -16.1. The van der Waals surface area contributed by atoms with Gasteiger partial charge in [0, 0.05) is 26.9 Å². The van der Waals surface area contributed by atoms with Gasteiger partial charge in [-0.25, -0.2) is 4.85 Å². The van der Waals surface area contributed by atoms with Crippen molar-refractivity contribution in [3.05, 3.63) is 96.3 Å². The first-order valence-electron chi connectivity index (χ1n) is 14.2. The second-order valence-electron chi connectivity index (χ2n) is 11.7. The van der Waals surface area contributed by atoms with Gasteiger partial charge in [0.15, 0.2) is 5.69 Å². The Hall–Kier alpha value is -6.44. The van der Waals surface area contributed by atoms with Crippen molar-refractivity contribution in [3.63, 3.8) is 0 Å². The number of aromatic nitrogens is 4. The minimum absolute atomic E-state index is 0.187. The monoisotopic (exact) mass is 736 g/mol. The molecule has 0 aliphatic carbocycles. The Labute approximate surface area is 275 Å². The predicted molar refractivity (Wildman–Crippen MR) is 159 cm³/mol. The van der Waals surface area contributed by atoms with Crippen LogP contribution in [0.3, 0.4) is 0 Å². The normalized spacial score (nSPS) is 13.5. The molecular weight excluding hydrogens is 728 g/mol. The first kappa shape index (κ1) is 32.7. The molecule has 8 aromatic rings. The van der Waals surface area contributed by atoms with Gasteiger partial charge in [0.2, 0.25) is 0 Å². The highest BCUT2D eigenvalue weighted by Gasteiger charge is 2.41. The molecule has 2 N–H and O–H groups in total. The van der Waals surface area contributed by atoms with Crippen molar-refractivity contribution in [1.29, 1.82) is 5.26 Å². The minimum atomic E-state index is -5.41. The second kappa shape index (κ2) is 9.66. The maximum Gasteiger partial charge on any atom is 0.418 e. The number of aromatic amines is 2. The Bertz CT molecular complexity index is 2930. The lowest BCUT2D eigenvalue weighted by Gasteiger charge is -2.15. The van der Waals surface area contributed by atoms with Crippen molar-refractivity contribution < 1.29 is 52.7 Å². The van der Waals surface area contributed by atoms with Gasteiger partial charge in [-0.2, -0.15) is 57.9 Å². The van der Waals surface area contributed by atoms with E-state index < -0.39 is 124 Å². The van der Waals surface area contributed by atoms with Gasteiger partial charge in [0.05, 0.1) is 62.5 Å². The number of imidazole rings is 2. The summed E-state index contributed by atoms with van der Waals surface area (Å²) in [5, 5.41) is 7.41. The summed E-state index contributed by atoms with van der Waals surface area (Å²) < 4.78 is 169. The third kappa shape index (κ3) is 4.17. The van der Waals surface area contributed by atoms with Crippen LogP contribution in [0.5, 0.6) is 0 Å². The molecule has 0 amide bonds. The zero-order chi connectivity index (χ0) is 37.8. The van der Waals surface area contributed by atoms with Crippen molar-refractivity contribution in [1.82, 2.24) is 18.8 Å². The van der Waals surface area contributed by atoms with Gasteiger partial charge >= 0.3 is 24.7 Å². The van der Waals surface area contributed by atoms with Crippen LogP contribution in [0.4, 0.5) is 58.4 Å². The third-order valence-electron chi connectivity index (χ3n) is 8.88. The van der Waals surface area contributed by atoms with Gasteiger partial charge < -0.3 is 9.97 Å². The van der Waals surface area contributed by atoms with Crippen molar-refractivity contribution in [3.8, 4) is 6.07 Å². The fourth-order valence-electron chi connectivity index (χ4n) is 6.86. The van der Waals surface area contributed by atoms with Crippen LogP contribution >= 0.6 is 0 Å².